The fraction of sp³-hybridized carbons (Fsp3) is 0.0833. The molecule has 8 heteroatoms. The van der Waals surface area contributed by atoms with E-state index < -0.39 is 16.0 Å². The van der Waals surface area contributed by atoms with Crippen LogP contribution in [0.5, 0.6) is 5.75 Å². The molecule has 0 bridgehead atoms. The Morgan fingerprint density at radius 3 is 2.28 bits per heavy atom. The van der Waals surface area contributed by atoms with E-state index in [4.69, 9.17) is 15.8 Å². The van der Waals surface area contributed by atoms with Gasteiger partial charge in [0, 0.05) is 10.7 Å². The predicted octanol–water partition coefficient (Wildman–Crippen LogP) is 5.27. The van der Waals surface area contributed by atoms with Crippen molar-refractivity contribution in [3.8, 4) is 11.8 Å². The van der Waals surface area contributed by atoms with Crippen LogP contribution < -0.4 is 9.50 Å². The first-order chi connectivity index (χ1) is 15.2. The maximum atomic E-state index is 12.5. The van der Waals surface area contributed by atoms with E-state index in [-0.39, 0.29) is 16.2 Å². The Bertz CT molecular complexity index is 1320. The number of hydrogen-bond donors (Lipinski definition) is 1. The zero-order valence-electron chi connectivity index (χ0n) is 17.3. The van der Waals surface area contributed by atoms with Crippen LogP contribution in [0.25, 0.3) is 6.08 Å². The number of benzene rings is 3. The van der Waals surface area contributed by atoms with E-state index in [1.165, 1.54) is 42.5 Å². The van der Waals surface area contributed by atoms with Crippen molar-refractivity contribution in [2.75, 3.05) is 5.32 Å². The lowest BCUT2D eigenvalue weighted by Gasteiger charge is -2.09. The molecule has 0 aliphatic carbocycles. The third-order valence-corrected chi connectivity index (χ3v) is 6.01. The first-order valence-electron chi connectivity index (χ1n) is 9.48. The van der Waals surface area contributed by atoms with E-state index in [2.05, 4.69) is 5.32 Å². The largest absolute Gasteiger partial charge is 0.379 e. The number of hydrogen-bond acceptors (Lipinski definition) is 5. The minimum absolute atomic E-state index is 0.0271. The van der Waals surface area contributed by atoms with Gasteiger partial charge in [-0.2, -0.15) is 13.7 Å². The van der Waals surface area contributed by atoms with Crippen molar-refractivity contribution in [2.45, 2.75) is 18.7 Å². The highest BCUT2D eigenvalue weighted by Gasteiger charge is 2.16. The molecule has 0 atom stereocenters. The lowest BCUT2D eigenvalue weighted by molar-refractivity contribution is -0.112. The van der Waals surface area contributed by atoms with E-state index in [0.717, 1.165) is 11.1 Å². The maximum absolute atomic E-state index is 12.5. The summed E-state index contributed by atoms with van der Waals surface area (Å²) in [5.74, 6) is -0.444. The highest BCUT2D eigenvalue weighted by Crippen LogP contribution is 2.22. The number of anilines is 1. The summed E-state index contributed by atoms with van der Waals surface area (Å²) in [5, 5.41) is 12.6. The van der Waals surface area contributed by atoms with Gasteiger partial charge in [0.25, 0.3) is 5.91 Å². The van der Waals surface area contributed by atoms with Crippen molar-refractivity contribution in [3.63, 3.8) is 0 Å². The summed E-state index contributed by atoms with van der Waals surface area (Å²) in [7, 11) is -4.02. The molecule has 0 saturated heterocycles. The van der Waals surface area contributed by atoms with Gasteiger partial charge in [-0.15, -0.1) is 0 Å². The molecule has 0 saturated carbocycles. The smallest absolute Gasteiger partial charge is 0.339 e. The molecule has 0 aliphatic heterocycles. The number of nitriles is 1. The third-order valence-electron chi connectivity index (χ3n) is 4.49. The van der Waals surface area contributed by atoms with Crippen LogP contribution in [0.3, 0.4) is 0 Å². The minimum Gasteiger partial charge on any atom is -0.379 e. The predicted molar refractivity (Wildman–Crippen MR) is 124 cm³/mol. The molecule has 32 heavy (non-hydrogen) atoms. The molecule has 0 aliphatic rings. The van der Waals surface area contributed by atoms with Crippen LogP contribution in [-0.2, 0) is 14.9 Å². The number of carbonyl (C=O) groups excluding carboxylic acids is 1. The van der Waals surface area contributed by atoms with Gasteiger partial charge in [0.2, 0.25) is 0 Å². The summed E-state index contributed by atoms with van der Waals surface area (Å²) in [4.78, 5) is 12.5. The second kappa shape index (κ2) is 9.69. The summed E-state index contributed by atoms with van der Waals surface area (Å²) in [6.45, 7) is 3.82. The highest BCUT2D eigenvalue weighted by molar-refractivity contribution is 7.87. The average molecular weight is 467 g/mol. The molecule has 0 aromatic heterocycles. The molecule has 3 rings (SSSR count). The van der Waals surface area contributed by atoms with Gasteiger partial charge in [0.1, 0.15) is 22.3 Å². The monoisotopic (exact) mass is 466 g/mol. The highest BCUT2D eigenvalue weighted by atomic mass is 35.5. The number of amides is 1. The molecule has 162 valence electrons. The zero-order chi connectivity index (χ0) is 23.3. The Balaban J connectivity index is 1.74. The van der Waals surface area contributed by atoms with Crippen LogP contribution in [-0.4, -0.2) is 14.3 Å². The Morgan fingerprint density at radius 2 is 1.69 bits per heavy atom. The Labute approximate surface area is 191 Å². The van der Waals surface area contributed by atoms with Gasteiger partial charge in [-0.05, 0) is 73.5 Å². The van der Waals surface area contributed by atoms with Crippen molar-refractivity contribution in [1.82, 2.24) is 0 Å². The van der Waals surface area contributed by atoms with Crippen LogP contribution >= 0.6 is 11.6 Å². The normalized spacial score (nSPS) is 11.5. The van der Waals surface area contributed by atoms with Gasteiger partial charge in [-0.1, -0.05) is 41.4 Å². The fourth-order valence-electron chi connectivity index (χ4n) is 2.85. The van der Waals surface area contributed by atoms with Gasteiger partial charge in [0.15, 0.2) is 0 Å². The number of nitrogens with zero attached hydrogens (tertiary/aromatic N) is 1. The molecule has 6 nitrogen and oxygen atoms in total. The van der Waals surface area contributed by atoms with Crippen molar-refractivity contribution in [1.29, 1.82) is 5.26 Å². The minimum atomic E-state index is -4.02. The third kappa shape index (κ3) is 5.76. The first kappa shape index (κ1) is 23.1. The summed E-state index contributed by atoms with van der Waals surface area (Å²) >= 11 is 5.78. The molecule has 1 amide bonds. The Morgan fingerprint density at radius 1 is 1.03 bits per heavy atom. The maximum Gasteiger partial charge on any atom is 0.339 e. The van der Waals surface area contributed by atoms with Crippen molar-refractivity contribution in [2.24, 2.45) is 0 Å². The summed E-state index contributed by atoms with van der Waals surface area (Å²) in [6.07, 6.45) is 1.41. The van der Waals surface area contributed by atoms with Crippen LogP contribution in [0, 0.1) is 25.2 Å². The second-order valence-corrected chi connectivity index (χ2v) is 8.99. The Kier molecular flexibility index (Phi) is 6.98. The van der Waals surface area contributed by atoms with Crippen molar-refractivity contribution < 1.29 is 17.4 Å². The summed E-state index contributed by atoms with van der Waals surface area (Å²) in [6, 6.07) is 19.1. The number of rotatable bonds is 6. The van der Waals surface area contributed by atoms with Gasteiger partial charge < -0.3 is 9.50 Å². The quantitative estimate of drug-likeness (QED) is 0.303. The Hall–Kier alpha value is -3.60. The molecule has 1 N–H and O–H groups in total. The lowest BCUT2D eigenvalue weighted by Crippen LogP contribution is -2.14. The molecule has 3 aromatic carbocycles. The standard InChI is InChI=1S/C24H19ClN2O4S/c1-16-3-12-23(17(2)13-16)27-24(28)19(15-26)14-18-4-8-21(9-5-18)31-32(29,30)22-10-6-20(25)7-11-22/h3-14H,1-2H3,(H,27,28)/b19-14+. The second-order valence-electron chi connectivity index (χ2n) is 7.00. The van der Waals surface area contributed by atoms with Crippen molar-refractivity contribution >= 4 is 39.4 Å². The molecule has 0 unspecified atom stereocenters. The van der Waals surface area contributed by atoms with Gasteiger partial charge in [-0.3, -0.25) is 4.79 Å². The number of aryl methyl sites for hydroxylation is 2. The molecular weight excluding hydrogens is 448 g/mol. The fourth-order valence-corrected chi connectivity index (χ4v) is 3.91. The lowest BCUT2D eigenvalue weighted by atomic mass is 10.1. The van der Waals surface area contributed by atoms with Gasteiger partial charge in [-0.25, -0.2) is 0 Å². The van der Waals surface area contributed by atoms with E-state index >= 15 is 0 Å². The van der Waals surface area contributed by atoms with Crippen molar-refractivity contribution in [3.05, 3.63) is 94.0 Å². The molecular formula is C24H19ClN2O4S. The van der Waals surface area contributed by atoms with Crippen LogP contribution in [0.1, 0.15) is 16.7 Å². The molecule has 0 radical (unpaired) electrons. The number of nitrogens with one attached hydrogen (secondary N) is 1. The first-order valence-corrected chi connectivity index (χ1v) is 11.3. The van der Waals surface area contributed by atoms with E-state index in [1.807, 2.05) is 32.0 Å². The average Bonchev–Trinajstić information content (AvgIpc) is 2.75. The summed E-state index contributed by atoms with van der Waals surface area (Å²) < 4.78 is 29.8. The molecule has 0 heterocycles. The van der Waals surface area contributed by atoms with E-state index in [1.54, 1.807) is 18.2 Å². The molecule has 0 fully saturated rings. The van der Waals surface area contributed by atoms with Crippen LogP contribution in [0.2, 0.25) is 5.02 Å². The SMILES string of the molecule is Cc1ccc(NC(=O)/C(C#N)=C/c2ccc(OS(=O)(=O)c3ccc(Cl)cc3)cc2)c(C)c1. The van der Waals surface area contributed by atoms with Crippen LogP contribution in [0.4, 0.5) is 5.69 Å². The number of carbonyl (C=O) groups is 1. The zero-order valence-corrected chi connectivity index (χ0v) is 18.9. The topological polar surface area (TPSA) is 96.3 Å². The van der Waals surface area contributed by atoms with E-state index in [9.17, 15) is 18.5 Å². The van der Waals surface area contributed by atoms with Gasteiger partial charge in [0.05, 0.1) is 0 Å². The number of halogens is 1. The molecule has 3 aromatic rings. The van der Waals surface area contributed by atoms with Crippen LogP contribution in [0.15, 0.2) is 77.2 Å². The summed E-state index contributed by atoms with van der Waals surface area (Å²) in [5.41, 5.74) is 3.02. The molecule has 0 spiro atoms. The van der Waals surface area contributed by atoms with Gasteiger partial charge >= 0.3 is 10.1 Å². The van der Waals surface area contributed by atoms with E-state index in [0.29, 0.717) is 16.3 Å².